The number of hydrogen-bond acceptors (Lipinski definition) is 11. The van der Waals surface area contributed by atoms with Crippen LogP contribution in [-0.4, -0.2) is 63.9 Å². The Kier molecular flexibility index (Phi) is 11.4. The van der Waals surface area contributed by atoms with Crippen molar-refractivity contribution in [2.75, 3.05) is 48.9 Å². The quantitative estimate of drug-likeness (QED) is 0.0699. The number of ether oxygens (including phenoxy) is 2. The van der Waals surface area contributed by atoms with Crippen molar-refractivity contribution in [3.63, 3.8) is 0 Å². The number of carbonyl (C=O) groups excluding carboxylic acids is 1. The Hall–Kier alpha value is -4.58. The highest BCUT2D eigenvalue weighted by molar-refractivity contribution is 5.95. The molecule has 11 nitrogen and oxygen atoms in total. The first-order chi connectivity index (χ1) is 20.1. The molecule has 1 aromatic heterocycles. The molecule has 0 spiro atoms. The van der Waals surface area contributed by atoms with E-state index >= 15 is 0 Å². The van der Waals surface area contributed by atoms with Gasteiger partial charge in [-0.15, -0.1) is 0 Å². The summed E-state index contributed by atoms with van der Waals surface area (Å²) in [4.78, 5) is 25.4. The molecule has 1 heterocycles. The zero-order valence-corrected chi connectivity index (χ0v) is 22.6. The lowest BCUT2D eigenvalue weighted by Crippen LogP contribution is -2.15. The molecule has 0 saturated carbocycles. The number of ketones is 1. The van der Waals surface area contributed by atoms with Crippen molar-refractivity contribution in [2.45, 2.75) is 19.4 Å². The topological polar surface area (TPSA) is 151 Å². The lowest BCUT2D eigenvalue weighted by Gasteiger charge is -2.12. The summed E-state index contributed by atoms with van der Waals surface area (Å²) >= 11 is 0. The number of rotatable bonds is 17. The van der Waals surface area contributed by atoms with Crippen molar-refractivity contribution >= 4 is 35.0 Å². The number of benzene rings is 3. The summed E-state index contributed by atoms with van der Waals surface area (Å²) in [5.74, 6) is 1.25. The van der Waals surface area contributed by atoms with Crippen LogP contribution in [0.1, 0.15) is 28.8 Å². The SMILES string of the molecule is O=C(CCCOCCOCCNc1nc(Nc2ccc(O)cc2)nc(Nc2ccc(CO)cc2)n1)c1ccccc1. The number of aliphatic hydroxyl groups is 1. The van der Waals surface area contributed by atoms with E-state index in [1.165, 1.54) is 0 Å². The highest BCUT2D eigenvalue weighted by atomic mass is 16.5. The second kappa shape index (κ2) is 15.9. The van der Waals surface area contributed by atoms with Crippen molar-refractivity contribution in [1.82, 2.24) is 15.0 Å². The monoisotopic (exact) mass is 558 g/mol. The number of anilines is 5. The molecule has 0 fully saturated rings. The van der Waals surface area contributed by atoms with Crippen LogP contribution in [0.2, 0.25) is 0 Å². The van der Waals surface area contributed by atoms with Gasteiger partial charge in [0.15, 0.2) is 5.78 Å². The fraction of sp³-hybridized carbons (Fsp3) is 0.267. The highest BCUT2D eigenvalue weighted by Gasteiger charge is 2.09. The van der Waals surface area contributed by atoms with E-state index in [2.05, 4.69) is 30.9 Å². The summed E-state index contributed by atoms with van der Waals surface area (Å²) in [6.45, 7) is 2.20. The zero-order valence-electron chi connectivity index (χ0n) is 22.6. The molecule has 214 valence electrons. The second-order valence-electron chi connectivity index (χ2n) is 9.00. The summed E-state index contributed by atoms with van der Waals surface area (Å²) in [6.07, 6.45) is 1.12. The van der Waals surface area contributed by atoms with Gasteiger partial charge < -0.3 is 35.6 Å². The van der Waals surface area contributed by atoms with Crippen LogP contribution in [0.15, 0.2) is 78.9 Å². The number of nitrogens with zero attached hydrogens (tertiary/aromatic N) is 3. The molecule has 0 radical (unpaired) electrons. The lowest BCUT2D eigenvalue weighted by molar-refractivity contribution is 0.0497. The smallest absolute Gasteiger partial charge is 0.233 e. The molecule has 41 heavy (non-hydrogen) atoms. The van der Waals surface area contributed by atoms with Crippen LogP contribution >= 0.6 is 0 Å². The Morgan fingerprint density at radius 3 is 1.93 bits per heavy atom. The molecule has 0 unspecified atom stereocenters. The van der Waals surface area contributed by atoms with Gasteiger partial charge in [0.2, 0.25) is 17.8 Å². The van der Waals surface area contributed by atoms with Crippen LogP contribution in [0.25, 0.3) is 0 Å². The van der Waals surface area contributed by atoms with Gasteiger partial charge in [-0.05, 0) is 48.4 Å². The Labute approximate surface area is 238 Å². The van der Waals surface area contributed by atoms with Crippen molar-refractivity contribution in [3.05, 3.63) is 90.0 Å². The molecule has 5 N–H and O–H groups in total. The number of aliphatic hydroxyl groups excluding tert-OH is 1. The van der Waals surface area contributed by atoms with E-state index < -0.39 is 0 Å². The lowest BCUT2D eigenvalue weighted by atomic mass is 10.1. The average Bonchev–Trinajstić information content (AvgIpc) is 3.00. The standard InChI is InChI=1S/C30H34N6O5/c37-21-22-8-10-24(11-9-22)32-29-34-28(35-30(36-29)33-25-12-14-26(38)15-13-25)31-16-18-41-20-19-40-17-4-7-27(39)23-5-2-1-3-6-23/h1-3,5-6,8-15,37-38H,4,7,16-21H2,(H3,31,32,33,34,35,36). The molecule has 3 aromatic carbocycles. The van der Waals surface area contributed by atoms with E-state index in [1.807, 2.05) is 54.6 Å². The van der Waals surface area contributed by atoms with Gasteiger partial charge in [0, 0.05) is 36.5 Å². The third-order valence-electron chi connectivity index (χ3n) is 5.84. The van der Waals surface area contributed by atoms with Crippen molar-refractivity contribution in [3.8, 4) is 5.75 Å². The van der Waals surface area contributed by atoms with Gasteiger partial charge in [-0.1, -0.05) is 42.5 Å². The van der Waals surface area contributed by atoms with E-state index in [0.717, 1.165) is 16.8 Å². The van der Waals surface area contributed by atoms with Gasteiger partial charge in [-0.2, -0.15) is 15.0 Å². The first-order valence-electron chi connectivity index (χ1n) is 13.4. The van der Waals surface area contributed by atoms with E-state index in [9.17, 15) is 15.0 Å². The number of nitrogens with one attached hydrogen (secondary N) is 3. The molecular formula is C30H34N6O5. The molecule has 4 aromatic rings. The van der Waals surface area contributed by atoms with Crippen molar-refractivity contribution in [1.29, 1.82) is 0 Å². The van der Waals surface area contributed by atoms with Gasteiger partial charge in [-0.3, -0.25) is 4.79 Å². The second-order valence-corrected chi connectivity index (χ2v) is 9.00. The van der Waals surface area contributed by atoms with E-state index in [1.54, 1.807) is 24.3 Å². The summed E-state index contributed by atoms with van der Waals surface area (Å²) in [5.41, 5.74) is 2.98. The van der Waals surface area contributed by atoms with Crippen LogP contribution in [0.4, 0.5) is 29.2 Å². The predicted octanol–water partition coefficient (Wildman–Crippen LogP) is 4.66. The molecule has 4 rings (SSSR count). The number of hydrogen-bond donors (Lipinski definition) is 5. The predicted molar refractivity (Wildman–Crippen MR) is 157 cm³/mol. The fourth-order valence-corrected chi connectivity index (χ4v) is 3.72. The van der Waals surface area contributed by atoms with Gasteiger partial charge in [-0.25, -0.2) is 0 Å². The summed E-state index contributed by atoms with van der Waals surface area (Å²) < 4.78 is 11.2. The van der Waals surface area contributed by atoms with Crippen molar-refractivity contribution < 1.29 is 24.5 Å². The fourth-order valence-electron chi connectivity index (χ4n) is 3.72. The normalized spacial score (nSPS) is 10.8. The first kappa shape index (κ1) is 29.4. The van der Waals surface area contributed by atoms with Crippen LogP contribution in [0, 0.1) is 0 Å². The minimum atomic E-state index is -0.0369. The van der Waals surface area contributed by atoms with Crippen LogP contribution < -0.4 is 16.0 Å². The minimum absolute atomic E-state index is 0.0369. The molecule has 11 heteroatoms. The third kappa shape index (κ3) is 10.2. The molecule has 0 amide bonds. The molecular weight excluding hydrogens is 524 g/mol. The van der Waals surface area contributed by atoms with Crippen molar-refractivity contribution in [2.24, 2.45) is 0 Å². The first-order valence-corrected chi connectivity index (χ1v) is 13.4. The Morgan fingerprint density at radius 1 is 0.707 bits per heavy atom. The minimum Gasteiger partial charge on any atom is -0.508 e. The summed E-state index contributed by atoms with van der Waals surface area (Å²) in [6, 6.07) is 23.1. The number of Topliss-reactive ketones (excluding diaryl/α,β-unsaturated/α-hetero) is 1. The van der Waals surface area contributed by atoms with E-state index in [0.29, 0.717) is 69.3 Å². The van der Waals surface area contributed by atoms with Crippen LogP contribution in [0.3, 0.4) is 0 Å². The largest absolute Gasteiger partial charge is 0.508 e. The molecule has 0 atom stereocenters. The number of phenols is 1. The maximum absolute atomic E-state index is 12.1. The molecule has 0 aliphatic rings. The van der Waals surface area contributed by atoms with E-state index in [-0.39, 0.29) is 18.1 Å². The van der Waals surface area contributed by atoms with Gasteiger partial charge in [0.25, 0.3) is 0 Å². The summed E-state index contributed by atoms with van der Waals surface area (Å²) in [5, 5.41) is 28.2. The maximum atomic E-state index is 12.1. The third-order valence-corrected chi connectivity index (χ3v) is 5.84. The Bertz CT molecular complexity index is 1350. The maximum Gasteiger partial charge on any atom is 0.233 e. The number of aromatic hydroxyl groups is 1. The Balaban J connectivity index is 1.21. The number of phenolic OH excluding ortho intramolecular Hbond substituents is 1. The summed E-state index contributed by atoms with van der Waals surface area (Å²) in [7, 11) is 0. The average molecular weight is 559 g/mol. The van der Waals surface area contributed by atoms with Crippen LogP contribution in [-0.2, 0) is 16.1 Å². The molecule has 0 saturated heterocycles. The Morgan fingerprint density at radius 2 is 1.29 bits per heavy atom. The van der Waals surface area contributed by atoms with Gasteiger partial charge >= 0.3 is 0 Å². The van der Waals surface area contributed by atoms with Gasteiger partial charge in [0.1, 0.15) is 5.75 Å². The number of aromatic nitrogens is 3. The number of carbonyl (C=O) groups is 1. The zero-order chi connectivity index (χ0) is 28.7. The molecule has 0 bridgehead atoms. The molecule has 0 aliphatic heterocycles. The highest BCUT2D eigenvalue weighted by Crippen LogP contribution is 2.20. The van der Waals surface area contributed by atoms with Crippen LogP contribution in [0.5, 0.6) is 5.75 Å². The van der Waals surface area contributed by atoms with E-state index in [4.69, 9.17) is 9.47 Å². The molecule has 0 aliphatic carbocycles. The van der Waals surface area contributed by atoms with Gasteiger partial charge in [0.05, 0.1) is 26.4 Å².